The number of hydrogen-bond acceptors (Lipinski definition) is 7. The molecule has 10 heteroatoms. The minimum atomic E-state index is -1.35. The summed E-state index contributed by atoms with van der Waals surface area (Å²) in [7, 11) is 0. The number of rotatable bonds is 5. The van der Waals surface area contributed by atoms with Crippen molar-refractivity contribution in [1.29, 1.82) is 0 Å². The number of phenolic OH excluding ortho intramolecular Hbond substituents is 1. The molecule has 0 radical (unpaired) electrons. The van der Waals surface area contributed by atoms with Gasteiger partial charge in [-0.05, 0) is 35.9 Å². The van der Waals surface area contributed by atoms with Crippen molar-refractivity contribution in [3.8, 4) is 5.75 Å². The first-order valence-corrected chi connectivity index (χ1v) is 8.34. The summed E-state index contributed by atoms with van der Waals surface area (Å²) in [6.07, 6.45) is 2.91. The van der Waals surface area contributed by atoms with Crippen molar-refractivity contribution in [2.45, 2.75) is 0 Å². The molecule has 10 nitrogen and oxygen atoms in total. The second kappa shape index (κ2) is 7.80. The Bertz CT molecular complexity index is 1210. The van der Waals surface area contributed by atoms with Crippen molar-refractivity contribution < 1.29 is 29.6 Å². The van der Waals surface area contributed by atoms with Gasteiger partial charge in [-0.1, -0.05) is 18.2 Å². The minimum absolute atomic E-state index is 0.0273. The van der Waals surface area contributed by atoms with Gasteiger partial charge < -0.3 is 10.2 Å². The fraction of sp³-hybridized carbons (Fsp3) is 0. The van der Waals surface area contributed by atoms with Gasteiger partial charge in [-0.25, -0.2) is 4.79 Å². The van der Waals surface area contributed by atoms with Crippen molar-refractivity contribution in [3.63, 3.8) is 0 Å². The number of allylic oxidation sites excluding steroid dienone is 3. The highest BCUT2D eigenvalue weighted by atomic mass is 16.6. The topological polar surface area (TPSA) is 161 Å². The third kappa shape index (κ3) is 3.69. The molecule has 0 saturated heterocycles. The van der Waals surface area contributed by atoms with E-state index in [0.29, 0.717) is 0 Å². The summed E-state index contributed by atoms with van der Waals surface area (Å²) < 4.78 is 0. The number of aromatic hydroxyl groups is 1. The van der Waals surface area contributed by atoms with Gasteiger partial charge >= 0.3 is 5.97 Å². The summed E-state index contributed by atoms with van der Waals surface area (Å²) in [4.78, 5) is 45.0. The summed E-state index contributed by atoms with van der Waals surface area (Å²) in [5.41, 5.74) is -1.98. The zero-order chi connectivity index (χ0) is 22.0. The van der Waals surface area contributed by atoms with Gasteiger partial charge in [-0.3, -0.25) is 25.0 Å². The molecule has 2 aromatic carbocycles. The van der Waals surface area contributed by atoms with Gasteiger partial charge in [0.1, 0.15) is 5.75 Å². The predicted molar refractivity (Wildman–Crippen MR) is 103 cm³/mol. The molecule has 2 N–H and O–H groups in total. The first kappa shape index (κ1) is 20.1. The van der Waals surface area contributed by atoms with E-state index in [2.05, 4.69) is 0 Å². The Morgan fingerprint density at radius 1 is 0.900 bits per heavy atom. The van der Waals surface area contributed by atoms with E-state index in [9.17, 15) is 40.0 Å². The summed E-state index contributed by atoms with van der Waals surface area (Å²) >= 11 is 0. The van der Waals surface area contributed by atoms with Crippen molar-refractivity contribution >= 4 is 23.0 Å². The molecule has 30 heavy (non-hydrogen) atoms. The summed E-state index contributed by atoms with van der Waals surface area (Å²) in [6, 6.07) is 8.66. The van der Waals surface area contributed by atoms with Gasteiger partial charge in [-0.2, -0.15) is 0 Å². The number of ketones is 1. The molecule has 2 aromatic rings. The molecule has 150 valence electrons. The third-order valence-corrected chi connectivity index (χ3v) is 4.31. The number of carbonyl (C=O) groups is 2. The third-order valence-electron chi connectivity index (χ3n) is 4.31. The number of nitro groups is 2. The van der Waals surface area contributed by atoms with Crippen molar-refractivity contribution in [2.75, 3.05) is 0 Å². The number of phenols is 1. The number of nitro benzene ring substituents is 1. The van der Waals surface area contributed by atoms with Crippen LogP contribution in [0.4, 0.5) is 5.69 Å². The van der Waals surface area contributed by atoms with Gasteiger partial charge in [0.05, 0.1) is 38.7 Å². The van der Waals surface area contributed by atoms with Gasteiger partial charge in [0.15, 0.2) is 5.78 Å². The van der Waals surface area contributed by atoms with Gasteiger partial charge in [-0.15, -0.1) is 0 Å². The molecule has 3 rings (SSSR count). The monoisotopic (exact) mass is 408 g/mol. The van der Waals surface area contributed by atoms with E-state index in [1.807, 2.05) is 0 Å². The van der Waals surface area contributed by atoms with Crippen molar-refractivity contribution in [2.24, 2.45) is 0 Å². The number of benzene rings is 2. The van der Waals surface area contributed by atoms with Gasteiger partial charge in [0.2, 0.25) is 0 Å². The lowest BCUT2D eigenvalue weighted by Gasteiger charge is -2.16. The Kier molecular flexibility index (Phi) is 5.23. The molecule has 0 aromatic heterocycles. The quantitative estimate of drug-likeness (QED) is 0.563. The molecule has 0 unspecified atom stereocenters. The summed E-state index contributed by atoms with van der Waals surface area (Å²) in [5.74, 6) is -2.43. The van der Waals surface area contributed by atoms with Crippen LogP contribution >= 0.6 is 0 Å². The summed E-state index contributed by atoms with van der Waals surface area (Å²) in [5, 5.41) is 42.5. The maximum absolute atomic E-state index is 11.8. The normalized spacial score (nSPS) is 14.8. The molecule has 0 fully saturated rings. The van der Waals surface area contributed by atoms with Crippen LogP contribution in [0.2, 0.25) is 0 Å². The molecule has 0 atom stereocenters. The van der Waals surface area contributed by atoms with Crippen LogP contribution in [-0.2, 0) is 4.79 Å². The second-order valence-electron chi connectivity index (χ2n) is 6.12. The molecule has 0 aliphatic heterocycles. The average Bonchev–Trinajstić information content (AvgIpc) is 2.70. The van der Waals surface area contributed by atoms with Crippen molar-refractivity contribution in [3.05, 3.63) is 109 Å². The van der Waals surface area contributed by atoms with E-state index in [0.717, 1.165) is 36.4 Å². The predicted octanol–water partition coefficient (Wildman–Crippen LogP) is 3.10. The molecule has 0 bridgehead atoms. The van der Waals surface area contributed by atoms with Crippen LogP contribution < -0.4 is 0 Å². The molecule has 0 amide bonds. The second-order valence-corrected chi connectivity index (χ2v) is 6.12. The highest BCUT2D eigenvalue weighted by Gasteiger charge is 2.31. The van der Waals surface area contributed by atoms with E-state index in [-0.39, 0.29) is 27.8 Å². The molecule has 1 aliphatic rings. The number of carbonyl (C=O) groups excluding carboxylic acids is 1. The number of hydrogen-bond donors (Lipinski definition) is 2. The maximum atomic E-state index is 11.8. The minimum Gasteiger partial charge on any atom is -0.508 e. The zero-order valence-corrected chi connectivity index (χ0v) is 15.0. The first-order chi connectivity index (χ1) is 14.2. The number of carboxylic acids is 1. The Balaban J connectivity index is 2.51. The largest absolute Gasteiger partial charge is 0.508 e. The Labute approximate surface area is 168 Å². The number of carboxylic acid groups (broad SMARTS) is 1. The highest BCUT2D eigenvalue weighted by Crippen LogP contribution is 2.39. The van der Waals surface area contributed by atoms with E-state index < -0.39 is 38.7 Å². The smallest absolute Gasteiger partial charge is 0.336 e. The Morgan fingerprint density at radius 3 is 2.17 bits per heavy atom. The number of aromatic carboxylic acids is 1. The fourth-order valence-corrected chi connectivity index (χ4v) is 3.08. The van der Waals surface area contributed by atoms with Crippen LogP contribution in [0.5, 0.6) is 5.75 Å². The van der Waals surface area contributed by atoms with Crippen LogP contribution in [0.15, 0.2) is 72.0 Å². The lowest BCUT2D eigenvalue weighted by Crippen LogP contribution is -2.12. The zero-order valence-electron chi connectivity index (χ0n) is 15.0. The van der Waals surface area contributed by atoms with Gasteiger partial charge in [0.25, 0.3) is 11.4 Å². The Hall–Kier alpha value is -4.60. The molecule has 1 aliphatic carbocycles. The lowest BCUT2D eigenvalue weighted by molar-refractivity contribution is -0.420. The standard InChI is InChI=1S/C20H12N2O8/c23-11-5-7-15(17(9-11)21(27)28)19(13-3-1-2-4-14(13)20(25)26)16-8-6-12(24)10-18(16)22(29)30/h1-10,23H,(H,25,26)/b19-16+. The van der Waals surface area contributed by atoms with Crippen LogP contribution in [-0.4, -0.2) is 31.8 Å². The highest BCUT2D eigenvalue weighted by molar-refractivity contribution is 6.05. The average molecular weight is 408 g/mol. The van der Waals surface area contributed by atoms with Crippen LogP contribution in [0.25, 0.3) is 5.57 Å². The van der Waals surface area contributed by atoms with E-state index in [1.165, 1.54) is 24.3 Å². The maximum Gasteiger partial charge on any atom is 0.336 e. The van der Waals surface area contributed by atoms with E-state index in [1.54, 1.807) is 0 Å². The SMILES string of the molecule is O=C1C=C/C(=C(/c2ccccc2C(=O)O)c2ccc(O)cc2[N+](=O)[O-])C([N+](=O)[O-])=C1. The van der Waals surface area contributed by atoms with Gasteiger partial charge in [0, 0.05) is 5.57 Å². The first-order valence-electron chi connectivity index (χ1n) is 8.34. The lowest BCUT2D eigenvalue weighted by atomic mass is 9.86. The van der Waals surface area contributed by atoms with Crippen LogP contribution in [0, 0.1) is 20.2 Å². The molecule has 0 heterocycles. The van der Waals surface area contributed by atoms with E-state index in [4.69, 9.17) is 0 Å². The van der Waals surface area contributed by atoms with Crippen molar-refractivity contribution in [1.82, 2.24) is 0 Å². The number of nitrogens with zero attached hydrogens (tertiary/aromatic N) is 2. The fourth-order valence-electron chi connectivity index (χ4n) is 3.08. The molecular formula is C20H12N2O8. The Morgan fingerprint density at radius 2 is 1.57 bits per heavy atom. The molecule has 0 saturated carbocycles. The van der Waals surface area contributed by atoms with Crippen LogP contribution in [0.1, 0.15) is 21.5 Å². The molecule has 0 spiro atoms. The van der Waals surface area contributed by atoms with E-state index >= 15 is 0 Å². The van der Waals surface area contributed by atoms with Crippen LogP contribution in [0.3, 0.4) is 0 Å². The molecular weight excluding hydrogens is 396 g/mol. The summed E-state index contributed by atoms with van der Waals surface area (Å²) in [6.45, 7) is 0.